The lowest BCUT2D eigenvalue weighted by Crippen LogP contribution is -2.38. The first kappa shape index (κ1) is 18.2. The second kappa shape index (κ2) is 6.93. The second-order valence-corrected chi connectivity index (χ2v) is 6.24. The predicted molar refractivity (Wildman–Crippen MR) is 85.7 cm³/mol. The molecule has 4 nitrogen and oxygen atoms in total. The summed E-state index contributed by atoms with van der Waals surface area (Å²) >= 11 is 0. The molecule has 0 saturated heterocycles. The second-order valence-electron chi connectivity index (χ2n) is 6.24. The van der Waals surface area contributed by atoms with Crippen LogP contribution in [0.1, 0.15) is 24.0 Å². The molecule has 0 spiro atoms. The number of nitrogens with zero attached hydrogens (tertiary/aromatic N) is 2. The van der Waals surface area contributed by atoms with E-state index in [0.717, 1.165) is 29.7 Å². The van der Waals surface area contributed by atoms with Crippen molar-refractivity contribution >= 4 is 5.91 Å². The SMILES string of the molecule is O=C(Cn1cccc(C(F)(F)F)c1=O)N(Cc1cccc(F)c1)C1CC1. The average Bonchev–Trinajstić information content (AvgIpc) is 3.38. The summed E-state index contributed by atoms with van der Waals surface area (Å²) in [6.07, 6.45) is -2.07. The number of pyridine rings is 1. The normalized spacial score (nSPS) is 14.3. The molecular formula is C18H16F4N2O2. The topological polar surface area (TPSA) is 42.3 Å². The fourth-order valence-electron chi connectivity index (χ4n) is 2.75. The molecule has 1 aliphatic rings. The van der Waals surface area contributed by atoms with Crippen LogP contribution >= 0.6 is 0 Å². The number of amides is 1. The molecule has 1 saturated carbocycles. The molecule has 1 heterocycles. The zero-order valence-electron chi connectivity index (χ0n) is 13.7. The van der Waals surface area contributed by atoms with Crippen LogP contribution in [-0.4, -0.2) is 21.4 Å². The summed E-state index contributed by atoms with van der Waals surface area (Å²) in [6.45, 7) is -0.344. The van der Waals surface area contributed by atoms with Crippen molar-refractivity contribution in [3.63, 3.8) is 0 Å². The predicted octanol–water partition coefficient (Wildman–Crippen LogP) is 3.20. The van der Waals surface area contributed by atoms with Crippen molar-refractivity contribution in [3.8, 4) is 0 Å². The molecule has 138 valence electrons. The summed E-state index contributed by atoms with van der Waals surface area (Å²) in [5.74, 6) is -0.905. The molecular weight excluding hydrogens is 352 g/mol. The number of aromatic nitrogens is 1. The minimum Gasteiger partial charge on any atom is -0.334 e. The summed E-state index contributed by atoms with van der Waals surface area (Å²) in [5.41, 5.74) is -1.98. The van der Waals surface area contributed by atoms with E-state index in [9.17, 15) is 27.2 Å². The Hall–Kier alpha value is -2.64. The Kier molecular flexibility index (Phi) is 4.84. The van der Waals surface area contributed by atoms with Gasteiger partial charge >= 0.3 is 6.18 Å². The summed E-state index contributed by atoms with van der Waals surface area (Å²) < 4.78 is 52.6. The van der Waals surface area contributed by atoms with Gasteiger partial charge in [0.25, 0.3) is 5.56 Å². The number of carbonyl (C=O) groups is 1. The highest BCUT2D eigenvalue weighted by Gasteiger charge is 2.35. The number of rotatable bonds is 5. The lowest BCUT2D eigenvalue weighted by Gasteiger charge is -2.23. The van der Waals surface area contributed by atoms with E-state index < -0.39 is 35.6 Å². The van der Waals surface area contributed by atoms with Gasteiger partial charge in [0.2, 0.25) is 5.91 Å². The van der Waals surface area contributed by atoms with Gasteiger partial charge in [-0.05, 0) is 42.7 Å². The minimum atomic E-state index is -4.78. The molecule has 0 N–H and O–H groups in total. The Labute approximate surface area is 146 Å². The lowest BCUT2D eigenvalue weighted by atomic mass is 10.2. The van der Waals surface area contributed by atoms with Crippen LogP contribution in [-0.2, 0) is 24.1 Å². The smallest absolute Gasteiger partial charge is 0.334 e. The molecule has 2 aromatic rings. The van der Waals surface area contributed by atoms with Crippen LogP contribution in [0.15, 0.2) is 47.4 Å². The van der Waals surface area contributed by atoms with Gasteiger partial charge in [0.15, 0.2) is 0 Å². The van der Waals surface area contributed by atoms with Crippen molar-refractivity contribution in [3.05, 3.63) is 69.9 Å². The van der Waals surface area contributed by atoms with Crippen LogP contribution in [0.3, 0.4) is 0 Å². The van der Waals surface area contributed by atoms with Crippen molar-refractivity contribution in [1.29, 1.82) is 0 Å². The van der Waals surface area contributed by atoms with Crippen LogP contribution in [0.25, 0.3) is 0 Å². The first-order valence-electron chi connectivity index (χ1n) is 8.06. The summed E-state index contributed by atoms with van der Waals surface area (Å²) in [5, 5.41) is 0. The van der Waals surface area contributed by atoms with Gasteiger partial charge in [0.1, 0.15) is 17.9 Å². The molecule has 1 aliphatic carbocycles. The van der Waals surface area contributed by atoms with Crippen molar-refractivity contribution in [2.75, 3.05) is 0 Å². The third-order valence-corrected chi connectivity index (χ3v) is 4.18. The maximum atomic E-state index is 13.3. The van der Waals surface area contributed by atoms with Crippen molar-refractivity contribution in [2.45, 2.75) is 38.1 Å². The van der Waals surface area contributed by atoms with Gasteiger partial charge in [-0.2, -0.15) is 13.2 Å². The van der Waals surface area contributed by atoms with Gasteiger partial charge in [-0.25, -0.2) is 4.39 Å². The van der Waals surface area contributed by atoms with E-state index in [2.05, 4.69) is 0 Å². The molecule has 0 bridgehead atoms. The fraction of sp³-hybridized carbons (Fsp3) is 0.333. The van der Waals surface area contributed by atoms with E-state index >= 15 is 0 Å². The van der Waals surface area contributed by atoms with Gasteiger partial charge in [-0.1, -0.05) is 12.1 Å². The van der Waals surface area contributed by atoms with Crippen molar-refractivity contribution in [1.82, 2.24) is 9.47 Å². The third kappa shape index (κ3) is 4.12. The molecule has 0 radical (unpaired) electrons. The molecule has 1 amide bonds. The number of halogens is 4. The third-order valence-electron chi connectivity index (χ3n) is 4.18. The number of benzene rings is 1. The number of alkyl halides is 3. The van der Waals surface area contributed by atoms with Crippen LogP contribution in [0.2, 0.25) is 0 Å². The zero-order valence-corrected chi connectivity index (χ0v) is 13.7. The molecule has 0 aliphatic heterocycles. The fourth-order valence-corrected chi connectivity index (χ4v) is 2.75. The monoisotopic (exact) mass is 368 g/mol. The van der Waals surface area contributed by atoms with Crippen LogP contribution in [0, 0.1) is 5.82 Å². The van der Waals surface area contributed by atoms with Crippen LogP contribution in [0.5, 0.6) is 0 Å². The molecule has 1 aromatic heterocycles. The average molecular weight is 368 g/mol. The van der Waals surface area contributed by atoms with E-state index in [-0.39, 0.29) is 12.6 Å². The zero-order chi connectivity index (χ0) is 18.9. The Morgan fingerprint density at radius 2 is 1.92 bits per heavy atom. The number of carbonyl (C=O) groups excluding carboxylic acids is 1. The maximum Gasteiger partial charge on any atom is 0.421 e. The Balaban J connectivity index is 1.80. The van der Waals surface area contributed by atoms with E-state index in [1.54, 1.807) is 6.07 Å². The summed E-state index contributed by atoms with van der Waals surface area (Å²) in [7, 11) is 0. The summed E-state index contributed by atoms with van der Waals surface area (Å²) in [6, 6.07) is 7.53. The van der Waals surface area contributed by atoms with Gasteiger partial charge in [-0.15, -0.1) is 0 Å². The van der Waals surface area contributed by atoms with Gasteiger partial charge < -0.3 is 9.47 Å². The first-order chi connectivity index (χ1) is 12.3. The van der Waals surface area contributed by atoms with Crippen LogP contribution < -0.4 is 5.56 Å². The van der Waals surface area contributed by atoms with E-state index in [1.165, 1.54) is 23.1 Å². The first-order valence-corrected chi connectivity index (χ1v) is 8.06. The maximum absolute atomic E-state index is 13.3. The minimum absolute atomic E-state index is 0.0349. The molecule has 26 heavy (non-hydrogen) atoms. The molecule has 1 aromatic carbocycles. The molecule has 1 fully saturated rings. The Morgan fingerprint density at radius 3 is 2.54 bits per heavy atom. The highest BCUT2D eigenvalue weighted by Crippen LogP contribution is 2.29. The molecule has 8 heteroatoms. The van der Waals surface area contributed by atoms with Crippen molar-refractivity contribution < 1.29 is 22.4 Å². The highest BCUT2D eigenvalue weighted by molar-refractivity contribution is 5.76. The number of hydrogen-bond donors (Lipinski definition) is 0. The highest BCUT2D eigenvalue weighted by atomic mass is 19.4. The van der Waals surface area contributed by atoms with E-state index in [1.807, 2.05) is 0 Å². The summed E-state index contributed by atoms with van der Waals surface area (Å²) in [4.78, 5) is 26.1. The Morgan fingerprint density at radius 1 is 1.19 bits per heavy atom. The molecule has 0 atom stereocenters. The lowest BCUT2D eigenvalue weighted by molar-refractivity contribution is -0.139. The molecule has 0 unspecified atom stereocenters. The Bertz CT molecular complexity index is 872. The quantitative estimate of drug-likeness (QED) is 0.761. The standard InChI is InChI=1S/C18H16F4N2O2/c19-13-4-1-3-12(9-13)10-24(14-6-7-14)16(25)11-23-8-2-5-15(17(23)26)18(20,21)22/h1-5,8-9,14H,6-7,10-11H2. The van der Waals surface area contributed by atoms with Gasteiger partial charge in [0.05, 0.1) is 0 Å². The van der Waals surface area contributed by atoms with E-state index in [4.69, 9.17) is 0 Å². The van der Waals surface area contributed by atoms with Crippen molar-refractivity contribution in [2.24, 2.45) is 0 Å². The van der Waals surface area contributed by atoms with E-state index in [0.29, 0.717) is 11.6 Å². The van der Waals surface area contributed by atoms with Gasteiger partial charge in [0, 0.05) is 18.8 Å². The molecule has 3 rings (SSSR count). The van der Waals surface area contributed by atoms with Gasteiger partial charge in [-0.3, -0.25) is 9.59 Å². The van der Waals surface area contributed by atoms with Crippen LogP contribution in [0.4, 0.5) is 17.6 Å². The largest absolute Gasteiger partial charge is 0.421 e. The number of hydrogen-bond acceptors (Lipinski definition) is 2.